The van der Waals surface area contributed by atoms with Crippen LogP contribution in [0.15, 0.2) is 18.2 Å². The predicted octanol–water partition coefficient (Wildman–Crippen LogP) is 3.27. The molecule has 0 aliphatic rings. The van der Waals surface area contributed by atoms with Crippen molar-refractivity contribution in [1.29, 1.82) is 0 Å². The Kier molecular flexibility index (Phi) is 5.43. The third-order valence-corrected chi connectivity index (χ3v) is 3.18. The van der Waals surface area contributed by atoms with Crippen molar-refractivity contribution in [2.24, 2.45) is 0 Å². The van der Waals surface area contributed by atoms with Gasteiger partial charge in [-0.1, -0.05) is 17.7 Å². The van der Waals surface area contributed by atoms with Gasteiger partial charge in [0.05, 0.1) is 0 Å². The molecule has 1 aromatic carbocycles. The van der Waals surface area contributed by atoms with Crippen LogP contribution < -0.4 is 0 Å². The van der Waals surface area contributed by atoms with Gasteiger partial charge in [0.25, 0.3) is 0 Å². The van der Waals surface area contributed by atoms with E-state index in [0.717, 1.165) is 17.9 Å². The average Bonchev–Trinajstić information content (AvgIpc) is 2.14. The van der Waals surface area contributed by atoms with Gasteiger partial charge < -0.3 is 4.90 Å². The fourth-order valence-electron chi connectivity index (χ4n) is 1.07. The number of rotatable bonds is 5. The van der Waals surface area contributed by atoms with Gasteiger partial charge in [0.2, 0.25) is 0 Å². The molecule has 4 heteroatoms. The van der Waals surface area contributed by atoms with E-state index in [1.807, 2.05) is 14.1 Å². The normalized spacial score (nSPS) is 11.0. The Morgan fingerprint density at radius 2 is 2.13 bits per heavy atom. The molecule has 0 atom stereocenters. The Hall–Kier alpha value is -0.250. The smallest absolute Gasteiger partial charge is 0.128 e. The van der Waals surface area contributed by atoms with Crippen molar-refractivity contribution in [1.82, 2.24) is 4.90 Å². The third kappa shape index (κ3) is 4.87. The molecule has 0 aromatic heterocycles. The van der Waals surface area contributed by atoms with Gasteiger partial charge in [-0.05, 0) is 31.8 Å². The van der Waals surface area contributed by atoms with Crippen LogP contribution in [-0.2, 0) is 5.75 Å². The molecule has 0 saturated heterocycles. The molecule has 1 nitrogen and oxygen atoms in total. The molecular formula is C11H15ClFNS. The van der Waals surface area contributed by atoms with Crippen LogP contribution in [0.25, 0.3) is 0 Å². The zero-order chi connectivity index (χ0) is 11.3. The molecule has 15 heavy (non-hydrogen) atoms. The lowest BCUT2D eigenvalue weighted by Crippen LogP contribution is -2.14. The largest absolute Gasteiger partial charge is 0.309 e. The van der Waals surface area contributed by atoms with E-state index in [1.54, 1.807) is 23.9 Å². The van der Waals surface area contributed by atoms with E-state index in [2.05, 4.69) is 4.90 Å². The van der Waals surface area contributed by atoms with E-state index < -0.39 is 0 Å². The summed E-state index contributed by atoms with van der Waals surface area (Å²) in [7, 11) is 4.06. The Morgan fingerprint density at radius 1 is 1.40 bits per heavy atom. The van der Waals surface area contributed by atoms with Crippen molar-refractivity contribution in [3.63, 3.8) is 0 Å². The summed E-state index contributed by atoms with van der Waals surface area (Å²) >= 11 is 7.40. The maximum Gasteiger partial charge on any atom is 0.128 e. The van der Waals surface area contributed by atoms with Gasteiger partial charge in [-0.2, -0.15) is 11.8 Å². The fraction of sp³-hybridized carbons (Fsp3) is 0.455. The molecule has 0 spiro atoms. The van der Waals surface area contributed by atoms with Crippen molar-refractivity contribution in [3.05, 3.63) is 34.6 Å². The minimum absolute atomic E-state index is 0.208. The van der Waals surface area contributed by atoms with Gasteiger partial charge in [0.15, 0.2) is 0 Å². The first-order valence-electron chi connectivity index (χ1n) is 4.76. The average molecular weight is 248 g/mol. The molecular weight excluding hydrogens is 233 g/mol. The number of benzene rings is 1. The highest BCUT2D eigenvalue weighted by atomic mass is 35.5. The SMILES string of the molecule is CN(C)CCSCc1ccc(Cl)cc1F. The van der Waals surface area contributed by atoms with E-state index in [-0.39, 0.29) is 5.82 Å². The first kappa shape index (κ1) is 12.8. The molecule has 0 amide bonds. The van der Waals surface area contributed by atoms with Crippen molar-refractivity contribution in [2.75, 3.05) is 26.4 Å². The van der Waals surface area contributed by atoms with Gasteiger partial charge in [-0.15, -0.1) is 0 Å². The van der Waals surface area contributed by atoms with E-state index in [1.165, 1.54) is 6.07 Å². The molecule has 0 unspecified atom stereocenters. The lowest BCUT2D eigenvalue weighted by atomic mass is 10.2. The molecule has 0 N–H and O–H groups in total. The number of halogens is 2. The first-order valence-corrected chi connectivity index (χ1v) is 6.29. The standard InChI is InChI=1S/C11H15ClFNS/c1-14(2)5-6-15-8-9-3-4-10(12)7-11(9)13/h3-4,7H,5-6,8H2,1-2H3. The highest BCUT2D eigenvalue weighted by Gasteiger charge is 2.02. The van der Waals surface area contributed by atoms with Crippen LogP contribution >= 0.6 is 23.4 Å². The lowest BCUT2D eigenvalue weighted by Gasteiger charge is -2.09. The van der Waals surface area contributed by atoms with Gasteiger partial charge in [-0.25, -0.2) is 4.39 Å². The molecule has 1 rings (SSSR count). The Labute approximate surface area is 99.6 Å². The summed E-state index contributed by atoms with van der Waals surface area (Å²) in [6.45, 7) is 1.01. The number of thioether (sulfide) groups is 1. The summed E-state index contributed by atoms with van der Waals surface area (Å²) in [6, 6.07) is 4.84. The van der Waals surface area contributed by atoms with E-state index in [4.69, 9.17) is 11.6 Å². The van der Waals surface area contributed by atoms with Crippen LogP contribution in [0, 0.1) is 5.82 Å². The number of hydrogen-bond acceptors (Lipinski definition) is 2. The summed E-state index contributed by atoms with van der Waals surface area (Å²) in [5, 5.41) is 0.453. The summed E-state index contributed by atoms with van der Waals surface area (Å²) in [4.78, 5) is 2.12. The first-order chi connectivity index (χ1) is 7.09. The van der Waals surface area contributed by atoms with Crippen LogP contribution in [0.5, 0.6) is 0 Å². The van der Waals surface area contributed by atoms with Crippen LogP contribution in [0.2, 0.25) is 5.02 Å². The Bertz CT molecular complexity index is 317. The number of nitrogens with zero attached hydrogens (tertiary/aromatic N) is 1. The van der Waals surface area contributed by atoms with Crippen LogP contribution in [0.1, 0.15) is 5.56 Å². The fourth-order valence-corrected chi connectivity index (χ4v) is 2.32. The maximum atomic E-state index is 13.3. The molecule has 0 bridgehead atoms. The molecule has 84 valence electrons. The van der Waals surface area contributed by atoms with Crippen LogP contribution in [-0.4, -0.2) is 31.3 Å². The Morgan fingerprint density at radius 3 is 2.73 bits per heavy atom. The van der Waals surface area contributed by atoms with E-state index in [9.17, 15) is 4.39 Å². The molecule has 0 aliphatic carbocycles. The highest BCUT2D eigenvalue weighted by Crippen LogP contribution is 2.19. The van der Waals surface area contributed by atoms with E-state index in [0.29, 0.717) is 10.8 Å². The summed E-state index contributed by atoms with van der Waals surface area (Å²) < 4.78 is 13.3. The third-order valence-electron chi connectivity index (χ3n) is 1.96. The second kappa shape index (κ2) is 6.36. The van der Waals surface area contributed by atoms with Crippen molar-refractivity contribution < 1.29 is 4.39 Å². The summed E-state index contributed by atoms with van der Waals surface area (Å²) in [6.07, 6.45) is 0. The van der Waals surface area contributed by atoms with Crippen LogP contribution in [0.3, 0.4) is 0 Å². The van der Waals surface area contributed by atoms with Gasteiger partial charge in [0, 0.05) is 23.1 Å². The molecule has 1 aromatic rings. The van der Waals surface area contributed by atoms with Gasteiger partial charge in [0.1, 0.15) is 5.82 Å². The summed E-state index contributed by atoms with van der Waals surface area (Å²) in [5.41, 5.74) is 0.725. The Balaban J connectivity index is 2.37. The van der Waals surface area contributed by atoms with Gasteiger partial charge in [-0.3, -0.25) is 0 Å². The zero-order valence-electron chi connectivity index (χ0n) is 8.96. The second-order valence-electron chi connectivity index (χ2n) is 3.59. The maximum absolute atomic E-state index is 13.3. The molecule has 0 aliphatic heterocycles. The quantitative estimate of drug-likeness (QED) is 0.735. The van der Waals surface area contributed by atoms with E-state index >= 15 is 0 Å². The topological polar surface area (TPSA) is 3.24 Å². The van der Waals surface area contributed by atoms with Crippen molar-refractivity contribution in [3.8, 4) is 0 Å². The highest BCUT2D eigenvalue weighted by molar-refractivity contribution is 7.98. The predicted molar refractivity (Wildman–Crippen MR) is 66.1 cm³/mol. The lowest BCUT2D eigenvalue weighted by molar-refractivity contribution is 0.437. The zero-order valence-corrected chi connectivity index (χ0v) is 10.5. The van der Waals surface area contributed by atoms with Crippen molar-refractivity contribution in [2.45, 2.75) is 5.75 Å². The van der Waals surface area contributed by atoms with Crippen molar-refractivity contribution >= 4 is 23.4 Å². The minimum Gasteiger partial charge on any atom is -0.309 e. The molecule has 0 saturated carbocycles. The molecule has 0 fully saturated rings. The monoisotopic (exact) mass is 247 g/mol. The van der Waals surface area contributed by atoms with Gasteiger partial charge >= 0.3 is 0 Å². The molecule has 0 radical (unpaired) electrons. The molecule has 0 heterocycles. The number of hydrogen-bond donors (Lipinski definition) is 0. The second-order valence-corrected chi connectivity index (χ2v) is 5.13. The minimum atomic E-state index is -0.208. The summed E-state index contributed by atoms with van der Waals surface area (Å²) in [5.74, 6) is 1.51. The van der Waals surface area contributed by atoms with Crippen LogP contribution in [0.4, 0.5) is 4.39 Å².